The quantitative estimate of drug-likeness (QED) is 0.495. The van der Waals surface area contributed by atoms with Crippen molar-refractivity contribution in [3.63, 3.8) is 0 Å². The Labute approximate surface area is 173 Å². The summed E-state index contributed by atoms with van der Waals surface area (Å²) in [7, 11) is 0. The first-order valence-corrected chi connectivity index (χ1v) is 9.66. The molecule has 0 aliphatic rings. The summed E-state index contributed by atoms with van der Waals surface area (Å²) in [6.07, 6.45) is 1.67. The van der Waals surface area contributed by atoms with Gasteiger partial charge in [-0.1, -0.05) is 36.4 Å². The predicted octanol–water partition coefficient (Wildman–Crippen LogP) is 3.97. The van der Waals surface area contributed by atoms with E-state index in [1.165, 1.54) is 0 Å². The molecule has 0 saturated carbocycles. The number of benzene rings is 3. The minimum Gasteiger partial charge on any atom is -0.484 e. The van der Waals surface area contributed by atoms with Gasteiger partial charge in [-0.3, -0.25) is 20.4 Å². The second kappa shape index (κ2) is 8.29. The number of aryl methyl sites for hydroxylation is 2. The number of rotatable bonds is 5. The van der Waals surface area contributed by atoms with Crippen molar-refractivity contribution < 1.29 is 18.7 Å². The number of hydrazine groups is 1. The first kappa shape index (κ1) is 19.5. The predicted molar refractivity (Wildman–Crippen MR) is 115 cm³/mol. The molecule has 0 spiro atoms. The van der Waals surface area contributed by atoms with Crippen LogP contribution in [0, 0.1) is 13.8 Å². The molecule has 0 unspecified atom stereocenters. The summed E-state index contributed by atoms with van der Waals surface area (Å²) in [5.74, 6) is -0.166. The summed E-state index contributed by atoms with van der Waals surface area (Å²) in [6.45, 7) is 3.73. The molecule has 6 heteroatoms. The lowest BCUT2D eigenvalue weighted by Crippen LogP contribution is -2.44. The number of carbonyl (C=O) groups is 2. The third kappa shape index (κ3) is 4.27. The summed E-state index contributed by atoms with van der Waals surface area (Å²) >= 11 is 0. The molecule has 30 heavy (non-hydrogen) atoms. The Morgan fingerprint density at radius 1 is 0.933 bits per heavy atom. The van der Waals surface area contributed by atoms with Crippen molar-refractivity contribution in [3.05, 3.63) is 77.6 Å². The van der Waals surface area contributed by atoms with Crippen LogP contribution in [-0.2, 0) is 16.0 Å². The summed E-state index contributed by atoms with van der Waals surface area (Å²) in [5.41, 5.74) is 8.41. The average Bonchev–Trinajstić information content (AvgIpc) is 3.13. The van der Waals surface area contributed by atoms with E-state index in [0.29, 0.717) is 5.75 Å². The van der Waals surface area contributed by atoms with Crippen LogP contribution in [0.5, 0.6) is 5.75 Å². The van der Waals surface area contributed by atoms with Gasteiger partial charge in [0, 0.05) is 10.9 Å². The van der Waals surface area contributed by atoms with Gasteiger partial charge in [-0.25, -0.2) is 0 Å². The maximum absolute atomic E-state index is 12.3. The topological polar surface area (TPSA) is 80.6 Å². The molecule has 0 aliphatic carbocycles. The maximum atomic E-state index is 12.3. The number of fused-ring (bicyclic) bond motifs is 3. The van der Waals surface area contributed by atoms with Crippen LogP contribution >= 0.6 is 0 Å². The lowest BCUT2D eigenvalue weighted by Gasteiger charge is -2.10. The Bertz CT molecular complexity index is 1220. The molecule has 4 rings (SSSR count). The Kier molecular flexibility index (Phi) is 5.39. The monoisotopic (exact) mass is 402 g/mol. The molecule has 1 aromatic heterocycles. The van der Waals surface area contributed by atoms with Gasteiger partial charge in [0.2, 0.25) is 5.91 Å². The molecule has 0 saturated heterocycles. The minimum atomic E-state index is -0.440. The van der Waals surface area contributed by atoms with Gasteiger partial charge in [-0.05, 0) is 53.9 Å². The van der Waals surface area contributed by atoms with E-state index >= 15 is 0 Å². The van der Waals surface area contributed by atoms with Crippen molar-refractivity contribution in [1.82, 2.24) is 10.9 Å². The van der Waals surface area contributed by atoms with E-state index in [2.05, 4.69) is 10.9 Å². The van der Waals surface area contributed by atoms with Crippen LogP contribution < -0.4 is 15.6 Å². The molecular formula is C24H22N2O4. The number of furan rings is 1. The smallest absolute Gasteiger partial charge is 0.276 e. The fourth-order valence-corrected chi connectivity index (χ4v) is 3.56. The first-order valence-electron chi connectivity index (χ1n) is 9.66. The van der Waals surface area contributed by atoms with E-state index in [9.17, 15) is 9.59 Å². The van der Waals surface area contributed by atoms with Crippen molar-refractivity contribution in [2.24, 2.45) is 0 Å². The molecular weight excluding hydrogens is 380 g/mol. The van der Waals surface area contributed by atoms with Gasteiger partial charge in [0.1, 0.15) is 11.3 Å². The van der Waals surface area contributed by atoms with Crippen LogP contribution in [0.2, 0.25) is 0 Å². The van der Waals surface area contributed by atoms with Crippen molar-refractivity contribution in [2.45, 2.75) is 20.3 Å². The second-order valence-electron chi connectivity index (χ2n) is 7.31. The fourth-order valence-electron chi connectivity index (χ4n) is 3.56. The summed E-state index contributed by atoms with van der Waals surface area (Å²) in [6, 6.07) is 17.6. The molecule has 0 aliphatic heterocycles. The second-order valence-corrected chi connectivity index (χ2v) is 7.31. The molecule has 0 bridgehead atoms. The van der Waals surface area contributed by atoms with Gasteiger partial charge >= 0.3 is 0 Å². The van der Waals surface area contributed by atoms with E-state index < -0.39 is 5.91 Å². The van der Waals surface area contributed by atoms with Crippen molar-refractivity contribution in [1.29, 1.82) is 0 Å². The largest absolute Gasteiger partial charge is 0.484 e. The molecule has 0 atom stereocenters. The Morgan fingerprint density at radius 3 is 2.47 bits per heavy atom. The molecule has 4 aromatic rings. The summed E-state index contributed by atoms with van der Waals surface area (Å²) in [5, 5.41) is 3.01. The van der Waals surface area contributed by atoms with Gasteiger partial charge < -0.3 is 9.15 Å². The molecule has 6 nitrogen and oxygen atoms in total. The van der Waals surface area contributed by atoms with Crippen molar-refractivity contribution >= 4 is 33.6 Å². The van der Waals surface area contributed by atoms with Gasteiger partial charge in [0.15, 0.2) is 6.61 Å². The SMILES string of the molecule is Cc1cc(C)cc(OCC(=O)NNC(=O)Cc2coc3ccc4ccccc4c23)c1. The van der Waals surface area contributed by atoms with Crippen molar-refractivity contribution in [3.8, 4) is 5.75 Å². The van der Waals surface area contributed by atoms with E-state index in [0.717, 1.165) is 38.4 Å². The molecule has 152 valence electrons. The van der Waals surface area contributed by atoms with Gasteiger partial charge in [-0.15, -0.1) is 0 Å². The van der Waals surface area contributed by atoms with Crippen LogP contribution in [0.3, 0.4) is 0 Å². The van der Waals surface area contributed by atoms with Crippen LogP contribution in [0.4, 0.5) is 0 Å². The summed E-state index contributed by atoms with van der Waals surface area (Å²) < 4.78 is 11.1. The van der Waals surface area contributed by atoms with Gasteiger partial charge in [-0.2, -0.15) is 0 Å². The molecule has 2 N–H and O–H groups in total. The average molecular weight is 402 g/mol. The molecule has 2 amide bonds. The molecule has 0 fully saturated rings. The Morgan fingerprint density at radius 2 is 1.67 bits per heavy atom. The molecule has 1 heterocycles. The van der Waals surface area contributed by atoms with E-state index in [1.54, 1.807) is 6.26 Å². The lowest BCUT2D eigenvalue weighted by atomic mass is 10.0. The number of amides is 2. The van der Waals surface area contributed by atoms with E-state index in [1.807, 2.05) is 68.4 Å². The Hall–Kier alpha value is -3.80. The van der Waals surface area contributed by atoms with Crippen LogP contribution in [-0.4, -0.2) is 18.4 Å². The van der Waals surface area contributed by atoms with Gasteiger partial charge in [0.05, 0.1) is 12.7 Å². The number of carbonyl (C=O) groups excluding carboxylic acids is 2. The highest BCUT2D eigenvalue weighted by molar-refractivity contribution is 6.08. The normalized spacial score (nSPS) is 10.9. The highest BCUT2D eigenvalue weighted by Gasteiger charge is 2.14. The zero-order valence-corrected chi connectivity index (χ0v) is 16.8. The maximum Gasteiger partial charge on any atom is 0.276 e. The number of nitrogens with one attached hydrogen (secondary N) is 2. The van der Waals surface area contributed by atoms with Gasteiger partial charge in [0.25, 0.3) is 5.91 Å². The lowest BCUT2D eigenvalue weighted by molar-refractivity contribution is -0.129. The van der Waals surface area contributed by atoms with Crippen LogP contribution in [0.15, 0.2) is 65.3 Å². The highest BCUT2D eigenvalue weighted by Crippen LogP contribution is 2.30. The van der Waals surface area contributed by atoms with E-state index in [4.69, 9.17) is 9.15 Å². The first-order chi connectivity index (χ1) is 14.5. The minimum absolute atomic E-state index is 0.0826. The molecule has 3 aromatic carbocycles. The standard InChI is InChI=1S/C24H22N2O4/c1-15-9-16(2)11-19(10-15)29-14-23(28)26-25-22(27)12-18-13-30-21-8-7-17-5-3-4-6-20(17)24(18)21/h3-11,13H,12,14H2,1-2H3,(H,25,27)(H,26,28). The van der Waals surface area contributed by atoms with Crippen LogP contribution in [0.25, 0.3) is 21.7 Å². The van der Waals surface area contributed by atoms with Crippen LogP contribution in [0.1, 0.15) is 16.7 Å². The van der Waals surface area contributed by atoms with E-state index in [-0.39, 0.29) is 18.9 Å². The fraction of sp³-hybridized carbons (Fsp3) is 0.167. The summed E-state index contributed by atoms with van der Waals surface area (Å²) in [4.78, 5) is 24.4. The zero-order chi connectivity index (χ0) is 21.1. The Balaban J connectivity index is 1.36. The zero-order valence-electron chi connectivity index (χ0n) is 16.8. The third-order valence-corrected chi connectivity index (χ3v) is 4.80. The highest BCUT2D eigenvalue weighted by atomic mass is 16.5. The number of ether oxygens (including phenoxy) is 1. The molecule has 0 radical (unpaired) electrons. The number of hydrogen-bond acceptors (Lipinski definition) is 4. The third-order valence-electron chi connectivity index (χ3n) is 4.80. The van der Waals surface area contributed by atoms with Crippen molar-refractivity contribution in [2.75, 3.05) is 6.61 Å². The number of hydrogen-bond donors (Lipinski definition) is 2.